The standard InChI is InChI=1S/C16H16Cl2O/c1-11(13-3-7-15(17)8-4-13)19-12(2)14-5-9-16(18)10-6-14/h3-12H,1-2H3/t11-,12-/m0/s1. The minimum atomic E-state index is 0.0166. The van der Waals surface area contributed by atoms with Crippen molar-refractivity contribution in [3.8, 4) is 0 Å². The van der Waals surface area contributed by atoms with Crippen LogP contribution in [0.15, 0.2) is 48.5 Å². The van der Waals surface area contributed by atoms with Crippen LogP contribution in [0, 0.1) is 0 Å². The molecule has 100 valence electrons. The summed E-state index contributed by atoms with van der Waals surface area (Å²) >= 11 is 11.8. The van der Waals surface area contributed by atoms with Crippen LogP contribution >= 0.6 is 23.2 Å². The normalized spacial score (nSPS) is 14.1. The summed E-state index contributed by atoms with van der Waals surface area (Å²) in [6.45, 7) is 4.07. The van der Waals surface area contributed by atoms with Crippen LogP contribution in [0.25, 0.3) is 0 Å². The van der Waals surface area contributed by atoms with Crippen molar-refractivity contribution in [2.24, 2.45) is 0 Å². The van der Waals surface area contributed by atoms with E-state index in [1.165, 1.54) is 0 Å². The molecule has 0 saturated heterocycles. The number of ether oxygens (including phenoxy) is 1. The zero-order valence-electron chi connectivity index (χ0n) is 10.9. The summed E-state index contributed by atoms with van der Waals surface area (Å²) in [4.78, 5) is 0. The summed E-state index contributed by atoms with van der Waals surface area (Å²) in [6.07, 6.45) is 0.0332. The lowest BCUT2D eigenvalue weighted by Crippen LogP contribution is -2.05. The molecule has 3 heteroatoms. The minimum absolute atomic E-state index is 0.0166. The highest BCUT2D eigenvalue weighted by Crippen LogP contribution is 2.27. The van der Waals surface area contributed by atoms with Gasteiger partial charge in [0.2, 0.25) is 0 Å². The van der Waals surface area contributed by atoms with Gasteiger partial charge in [-0.25, -0.2) is 0 Å². The predicted octanol–water partition coefficient (Wildman–Crippen LogP) is 5.83. The van der Waals surface area contributed by atoms with Gasteiger partial charge in [0, 0.05) is 10.0 Å². The van der Waals surface area contributed by atoms with E-state index in [1.807, 2.05) is 62.4 Å². The first-order valence-electron chi connectivity index (χ1n) is 6.22. The molecule has 0 aromatic heterocycles. The van der Waals surface area contributed by atoms with E-state index in [9.17, 15) is 0 Å². The van der Waals surface area contributed by atoms with Crippen molar-refractivity contribution in [2.75, 3.05) is 0 Å². The first kappa shape index (κ1) is 14.4. The molecule has 1 nitrogen and oxygen atoms in total. The molecule has 0 fully saturated rings. The third-order valence-corrected chi connectivity index (χ3v) is 3.59. The van der Waals surface area contributed by atoms with Crippen LogP contribution < -0.4 is 0 Å². The second-order valence-electron chi connectivity index (χ2n) is 4.52. The van der Waals surface area contributed by atoms with Gasteiger partial charge in [-0.2, -0.15) is 0 Å². The van der Waals surface area contributed by atoms with Crippen molar-refractivity contribution in [3.63, 3.8) is 0 Å². The predicted molar refractivity (Wildman–Crippen MR) is 80.8 cm³/mol. The highest BCUT2D eigenvalue weighted by molar-refractivity contribution is 6.30. The monoisotopic (exact) mass is 294 g/mol. The van der Waals surface area contributed by atoms with Gasteiger partial charge in [-0.15, -0.1) is 0 Å². The maximum absolute atomic E-state index is 6.02. The van der Waals surface area contributed by atoms with Crippen molar-refractivity contribution in [3.05, 3.63) is 69.7 Å². The lowest BCUT2D eigenvalue weighted by Gasteiger charge is -2.20. The lowest BCUT2D eigenvalue weighted by molar-refractivity contribution is 0.00587. The van der Waals surface area contributed by atoms with Crippen LogP contribution in [0.1, 0.15) is 37.2 Å². The molecule has 0 amide bonds. The van der Waals surface area contributed by atoms with Gasteiger partial charge >= 0.3 is 0 Å². The van der Waals surface area contributed by atoms with E-state index in [0.717, 1.165) is 21.2 Å². The van der Waals surface area contributed by atoms with Crippen LogP contribution in [0.2, 0.25) is 10.0 Å². The Labute approximate surface area is 124 Å². The quantitative estimate of drug-likeness (QED) is 0.689. The maximum atomic E-state index is 6.02. The van der Waals surface area contributed by atoms with Crippen molar-refractivity contribution >= 4 is 23.2 Å². The van der Waals surface area contributed by atoms with Crippen molar-refractivity contribution in [2.45, 2.75) is 26.1 Å². The van der Waals surface area contributed by atoms with Crippen molar-refractivity contribution in [1.82, 2.24) is 0 Å². The lowest BCUT2D eigenvalue weighted by atomic mass is 10.1. The smallest absolute Gasteiger partial charge is 0.0805 e. The van der Waals surface area contributed by atoms with E-state index >= 15 is 0 Å². The molecule has 0 N–H and O–H groups in total. The third kappa shape index (κ3) is 3.97. The Balaban J connectivity index is 2.03. The topological polar surface area (TPSA) is 9.23 Å². The van der Waals surface area contributed by atoms with Crippen LogP contribution in [0.3, 0.4) is 0 Å². The maximum Gasteiger partial charge on any atom is 0.0805 e. The van der Waals surface area contributed by atoms with E-state index in [-0.39, 0.29) is 12.2 Å². The molecule has 0 saturated carbocycles. The van der Waals surface area contributed by atoms with Gasteiger partial charge in [0.25, 0.3) is 0 Å². The summed E-state index contributed by atoms with van der Waals surface area (Å²) < 4.78 is 6.02. The van der Waals surface area contributed by atoms with Gasteiger partial charge in [0.1, 0.15) is 0 Å². The molecule has 2 rings (SSSR count). The number of rotatable bonds is 4. The van der Waals surface area contributed by atoms with Gasteiger partial charge < -0.3 is 4.74 Å². The fraction of sp³-hybridized carbons (Fsp3) is 0.250. The van der Waals surface area contributed by atoms with Crippen LogP contribution in [-0.2, 0) is 4.74 Å². The number of hydrogen-bond acceptors (Lipinski definition) is 1. The fourth-order valence-corrected chi connectivity index (χ4v) is 2.18. The Bertz CT molecular complexity index is 470. The molecule has 0 aliphatic carbocycles. The van der Waals surface area contributed by atoms with Gasteiger partial charge in [-0.3, -0.25) is 0 Å². The second-order valence-corrected chi connectivity index (χ2v) is 5.40. The third-order valence-electron chi connectivity index (χ3n) is 3.09. The van der Waals surface area contributed by atoms with Crippen LogP contribution in [-0.4, -0.2) is 0 Å². The Hall–Kier alpha value is -1.02. The van der Waals surface area contributed by atoms with E-state index < -0.39 is 0 Å². The Morgan fingerprint density at radius 1 is 0.684 bits per heavy atom. The summed E-state index contributed by atoms with van der Waals surface area (Å²) in [5.41, 5.74) is 2.23. The molecular weight excluding hydrogens is 279 g/mol. The highest BCUT2D eigenvalue weighted by Gasteiger charge is 2.12. The van der Waals surface area contributed by atoms with Gasteiger partial charge in [-0.1, -0.05) is 47.5 Å². The Morgan fingerprint density at radius 3 is 1.32 bits per heavy atom. The molecule has 0 spiro atoms. The van der Waals surface area contributed by atoms with E-state index in [2.05, 4.69) is 0 Å². The molecule has 0 bridgehead atoms. The highest BCUT2D eigenvalue weighted by atomic mass is 35.5. The summed E-state index contributed by atoms with van der Waals surface area (Å²) in [5, 5.41) is 1.48. The van der Waals surface area contributed by atoms with Crippen molar-refractivity contribution < 1.29 is 4.74 Å². The van der Waals surface area contributed by atoms with Gasteiger partial charge in [0.15, 0.2) is 0 Å². The van der Waals surface area contributed by atoms with Crippen LogP contribution in [0.4, 0.5) is 0 Å². The molecule has 2 aromatic carbocycles. The molecular formula is C16H16Cl2O. The number of halogens is 2. The van der Waals surface area contributed by atoms with Crippen LogP contribution in [0.5, 0.6) is 0 Å². The second kappa shape index (κ2) is 6.42. The first-order valence-corrected chi connectivity index (χ1v) is 6.98. The Kier molecular flexibility index (Phi) is 4.87. The summed E-state index contributed by atoms with van der Waals surface area (Å²) in [5.74, 6) is 0. The van der Waals surface area contributed by atoms with E-state index in [4.69, 9.17) is 27.9 Å². The van der Waals surface area contributed by atoms with E-state index in [1.54, 1.807) is 0 Å². The summed E-state index contributed by atoms with van der Waals surface area (Å²) in [7, 11) is 0. The van der Waals surface area contributed by atoms with E-state index in [0.29, 0.717) is 0 Å². The van der Waals surface area contributed by atoms with Gasteiger partial charge in [0.05, 0.1) is 12.2 Å². The average Bonchev–Trinajstić information content (AvgIpc) is 2.40. The fourth-order valence-electron chi connectivity index (χ4n) is 1.93. The largest absolute Gasteiger partial charge is 0.366 e. The molecule has 0 radical (unpaired) electrons. The SMILES string of the molecule is C[C@H](O[C@@H](C)c1ccc(Cl)cc1)c1ccc(Cl)cc1. The van der Waals surface area contributed by atoms with Crippen molar-refractivity contribution in [1.29, 1.82) is 0 Å². The molecule has 0 aliphatic rings. The molecule has 19 heavy (non-hydrogen) atoms. The molecule has 0 heterocycles. The van der Waals surface area contributed by atoms with Gasteiger partial charge in [-0.05, 0) is 49.2 Å². The average molecular weight is 295 g/mol. The molecule has 2 atom stereocenters. The molecule has 0 aliphatic heterocycles. The Morgan fingerprint density at radius 2 is 1.00 bits per heavy atom. The molecule has 0 unspecified atom stereocenters. The zero-order valence-corrected chi connectivity index (χ0v) is 12.4. The first-order chi connectivity index (χ1) is 9.06. The minimum Gasteiger partial charge on any atom is -0.366 e. The number of benzene rings is 2. The number of hydrogen-bond donors (Lipinski definition) is 0. The summed E-state index contributed by atoms with van der Waals surface area (Å²) in [6, 6.07) is 15.5. The molecule has 2 aromatic rings. The zero-order chi connectivity index (χ0) is 13.8.